The molecular formula is C13H23NO2. The van der Waals surface area contributed by atoms with Crippen molar-refractivity contribution in [2.24, 2.45) is 11.3 Å². The molecule has 0 aliphatic carbocycles. The summed E-state index contributed by atoms with van der Waals surface area (Å²) in [5, 5.41) is 0. The first-order chi connectivity index (χ1) is 7.78. The molecule has 2 fully saturated rings. The molecule has 16 heavy (non-hydrogen) atoms. The van der Waals surface area contributed by atoms with E-state index in [1.807, 2.05) is 0 Å². The highest BCUT2D eigenvalue weighted by Gasteiger charge is 2.38. The lowest BCUT2D eigenvalue weighted by Gasteiger charge is -2.27. The second-order valence-corrected chi connectivity index (χ2v) is 5.46. The average Bonchev–Trinajstić information content (AvgIpc) is 2.90. The Morgan fingerprint density at radius 3 is 3.06 bits per heavy atom. The van der Waals surface area contributed by atoms with E-state index in [2.05, 4.69) is 11.8 Å². The van der Waals surface area contributed by atoms with E-state index in [0.29, 0.717) is 6.61 Å². The van der Waals surface area contributed by atoms with Crippen LogP contribution in [0.15, 0.2) is 0 Å². The summed E-state index contributed by atoms with van der Waals surface area (Å²) in [5.74, 6) is 0.857. The summed E-state index contributed by atoms with van der Waals surface area (Å²) < 4.78 is 5.38. The van der Waals surface area contributed by atoms with Gasteiger partial charge in [-0.05, 0) is 31.7 Å². The predicted octanol–water partition coefficient (Wildman–Crippen LogP) is 1.71. The SMILES string of the molecule is CCCC1CCN(CC2(C=O)CCOC2)C1. The molecule has 0 bridgehead atoms. The maximum Gasteiger partial charge on any atom is 0.129 e. The molecule has 0 spiro atoms. The van der Waals surface area contributed by atoms with E-state index in [1.165, 1.54) is 32.4 Å². The van der Waals surface area contributed by atoms with Crippen molar-refractivity contribution >= 4 is 6.29 Å². The molecule has 2 saturated heterocycles. The molecule has 0 radical (unpaired) electrons. The first-order valence-electron chi connectivity index (χ1n) is 6.54. The number of likely N-dealkylation sites (tertiary alicyclic amines) is 1. The van der Waals surface area contributed by atoms with Gasteiger partial charge >= 0.3 is 0 Å². The molecule has 92 valence electrons. The summed E-state index contributed by atoms with van der Waals surface area (Å²) in [6, 6.07) is 0. The van der Waals surface area contributed by atoms with Gasteiger partial charge in [0.05, 0.1) is 12.0 Å². The van der Waals surface area contributed by atoms with Crippen LogP contribution in [0.25, 0.3) is 0 Å². The molecule has 0 saturated carbocycles. The molecule has 2 unspecified atom stereocenters. The Morgan fingerprint density at radius 1 is 1.56 bits per heavy atom. The second-order valence-electron chi connectivity index (χ2n) is 5.46. The summed E-state index contributed by atoms with van der Waals surface area (Å²) >= 11 is 0. The number of carbonyl (C=O) groups is 1. The number of hydrogen-bond acceptors (Lipinski definition) is 3. The van der Waals surface area contributed by atoms with Crippen LogP contribution >= 0.6 is 0 Å². The quantitative estimate of drug-likeness (QED) is 0.667. The van der Waals surface area contributed by atoms with E-state index in [0.717, 1.165) is 31.8 Å². The molecule has 3 heteroatoms. The Hall–Kier alpha value is -0.410. The van der Waals surface area contributed by atoms with Crippen molar-refractivity contribution in [3.05, 3.63) is 0 Å². The fraction of sp³-hybridized carbons (Fsp3) is 0.923. The largest absolute Gasteiger partial charge is 0.380 e. The zero-order chi connectivity index (χ0) is 11.4. The van der Waals surface area contributed by atoms with Crippen LogP contribution in [0, 0.1) is 11.3 Å². The Bertz CT molecular complexity index is 236. The highest BCUT2D eigenvalue weighted by atomic mass is 16.5. The molecule has 0 aromatic rings. The van der Waals surface area contributed by atoms with Crippen molar-refractivity contribution in [3.8, 4) is 0 Å². The third-order valence-electron chi connectivity index (χ3n) is 3.99. The maximum absolute atomic E-state index is 11.2. The fourth-order valence-corrected chi connectivity index (χ4v) is 3.02. The van der Waals surface area contributed by atoms with Crippen LogP contribution in [-0.2, 0) is 9.53 Å². The smallest absolute Gasteiger partial charge is 0.129 e. The molecule has 2 aliphatic rings. The van der Waals surface area contributed by atoms with E-state index in [1.54, 1.807) is 0 Å². The van der Waals surface area contributed by atoms with Gasteiger partial charge in [0.1, 0.15) is 6.29 Å². The van der Waals surface area contributed by atoms with Crippen LogP contribution in [0.5, 0.6) is 0 Å². The fourth-order valence-electron chi connectivity index (χ4n) is 3.02. The zero-order valence-corrected chi connectivity index (χ0v) is 10.3. The molecule has 0 amide bonds. The van der Waals surface area contributed by atoms with Gasteiger partial charge in [0.15, 0.2) is 0 Å². The number of rotatable bonds is 5. The van der Waals surface area contributed by atoms with Crippen LogP contribution < -0.4 is 0 Å². The summed E-state index contributed by atoms with van der Waals surface area (Å²) in [5.41, 5.74) is -0.193. The average molecular weight is 225 g/mol. The minimum Gasteiger partial charge on any atom is -0.380 e. The third-order valence-corrected chi connectivity index (χ3v) is 3.99. The van der Waals surface area contributed by atoms with Crippen molar-refractivity contribution in [1.82, 2.24) is 4.90 Å². The number of aldehydes is 1. The molecule has 2 rings (SSSR count). The second kappa shape index (κ2) is 5.28. The highest BCUT2D eigenvalue weighted by Crippen LogP contribution is 2.30. The van der Waals surface area contributed by atoms with Crippen LogP contribution in [-0.4, -0.2) is 44.0 Å². The Labute approximate surface area is 98.1 Å². The van der Waals surface area contributed by atoms with Gasteiger partial charge in [0.2, 0.25) is 0 Å². The lowest BCUT2D eigenvalue weighted by Crippen LogP contribution is -2.38. The first kappa shape index (κ1) is 12.1. The lowest BCUT2D eigenvalue weighted by atomic mass is 9.88. The summed E-state index contributed by atoms with van der Waals surface area (Å²) in [6.45, 7) is 6.90. The molecular weight excluding hydrogens is 202 g/mol. The van der Waals surface area contributed by atoms with E-state index in [4.69, 9.17) is 4.74 Å². The molecule has 3 nitrogen and oxygen atoms in total. The van der Waals surface area contributed by atoms with Gasteiger partial charge < -0.3 is 14.4 Å². The van der Waals surface area contributed by atoms with Gasteiger partial charge in [-0.2, -0.15) is 0 Å². The first-order valence-corrected chi connectivity index (χ1v) is 6.54. The predicted molar refractivity (Wildman–Crippen MR) is 63.4 cm³/mol. The topological polar surface area (TPSA) is 29.5 Å². The summed E-state index contributed by atoms with van der Waals surface area (Å²) in [6.07, 6.45) is 5.96. The number of carbonyl (C=O) groups excluding carboxylic acids is 1. The van der Waals surface area contributed by atoms with E-state index in [-0.39, 0.29) is 5.41 Å². The maximum atomic E-state index is 11.2. The monoisotopic (exact) mass is 225 g/mol. The van der Waals surface area contributed by atoms with E-state index < -0.39 is 0 Å². The molecule has 0 N–H and O–H groups in total. The Morgan fingerprint density at radius 2 is 2.44 bits per heavy atom. The van der Waals surface area contributed by atoms with Crippen LogP contribution in [0.2, 0.25) is 0 Å². The van der Waals surface area contributed by atoms with E-state index in [9.17, 15) is 4.79 Å². The van der Waals surface area contributed by atoms with Gasteiger partial charge in [-0.25, -0.2) is 0 Å². The Kier molecular flexibility index (Phi) is 3.98. The summed E-state index contributed by atoms with van der Waals surface area (Å²) in [7, 11) is 0. The molecule has 0 aromatic carbocycles. The van der Waals surface area contributed by atoms with Crippen molar-refractivity contribution < 1.29 is 9.53 Å². The van der Waals surface area contributed by atoms with Gasteiger partial charge in [-0.1, -0.05) is 13.3 Å². The van der Waals surface area contributed by atoms with Gasteiger partial charge in [0.25, 0.3) is 0 Å². The van der Waals surface area contributed by atoms with Crippen LogP contribution in [0.3, 0.4) is 0 Å². The molecule has 2 aliphatic heterocycles. The number of ether oxygens (including phenoxy) is 1. The van der Waals surface area contributed by atoms with Crippen molar-refractivity contribution in [2.45, 2.75) is 32.6 Å². The van der Waals surface area contributed by atoms with Crippen molar-refractivity contribution in [2.75, 3.05) is 32.8 Å². The highest BCUT2D eigenvalue weighted by molar-refractivity contribution is 5.60. The Balaban J connectivity index is 1.83. The normalized spacial score (nSPS) is 35.7. The van der Waals surface area contributed by atoms with Gasteiger partial charge in [-0.3, -0.25) is 0 Å². The molecule has 2 heterocycles. The lowest BCUT2D eigenvalue weighted by molar-refractivity contribution is -0.117. The third kappa shape index (κ3) is 2.64. The number of hydrogen-bond donors (Lipinski definition) is 0. The number of nitrogens with zero attached hydrogens (tertiary/aromatic N) is 1. The van der Waals surface area contributed by atoms with Crippen LogP contribution in [0.1, 0.15) is 32.6 Å². The minimum absolute atomic E-state index is 0.193. The van der Waals surface area contributed by atoms with Gasteiger partial charge in [-0.15, -0.1) is 0 Å². The zero-order valence-electron chi connectivity index (χ0n) is 10.3. The van der Waals surface area contributed by atoms with E-state index >= 15 is 0 Å². The summed E-state index contributed by atoms with van der Waals surface area (Å²) in [4.78, 5) is 13.7. The minimum atomic E-state index is -0.193. The van der Waals surface area contributed by atoms with Crippen molar-refractivity contribution in [3.63, 3.8) is 0 Å². The molecule has 0 aromatic heterocycles. The van der Waals surface area contributed by atoms with Crippen molar-refractivity contribution in [1.29, 1.82) is 0 Å². The van der Waals surface area contributed by atoms with Gasteiger partial charge in [0, 0.05) is 19.7 Å². The standard InChI is InChI=1S/C13H23NO2/c1-2-3-12-4-6-14(8-12)9-13(10-15)5-7-16-11-13/h10,12H,2-9,11H2,1H3. The molecule has 2 atom stereocenters. The van der Waals surface area contributed by atoms with Crippen LogP contribution in [0.4, 0.5) is 0 Å².